The van der Waals surface area contributed by atoms with Crippen LogP contribution in [0.4, 0.5) is 0 Å². The Morgan fingerprint density at radius 3 is 2.77 bits per heavy atom. The maximum atomic E-state index is 13.1. The number of rotatable bonds is 6. The zero-order valence-corrected chi connectivity index (χ0v) is 19.0. The summed E-state index contributed by atoms with van der Waals surface area (Å²) in [5.74, 6) is 0.565. The van der Waals surface area contributed by atoms with Crippen molar-refractivity contribution in [3.8, 4) is 5.75 Å². The number of hydrogen-bond donors (Lipinski definition) is 2. The number of benzene rings is 1. The molecule has 3 aliphatic heterocycles. The van der Waals surface area contributed by atoms with Crippen molar-refractivity contribution in [1.29, 1.82) is 0 Å². The molecular formula is C20H31N3O5S2. The van der Waals surface area contributed by atoms with E-state index in [0.717, 1.165) is 50.6 Å². The van der Waals surface area contributed by atoms with Gasteiger partial charge < -0.3 is 5.11 Å². The van der Waals surface area contributed by atoms with E-state index in [-0.39, 0.29) is 36.6 Å². The van der Waals surface area contributed by atoms with Gasteiger partial charge in [0, 0.05) is 38.3 Å². The zero-order chi connectivity index (χ0) is 21.5. The number of fused-ring (bicyclic) bond motifs is 4. The highest BCUT2D eigenvalue weighted by Gasteiger charge is 2.45. The molecule has 2 saturated heterocycles. The van der Waals surface area contributed by atoms with Gasteiger partial charge in [-0.15, -0.1) is 0 Å². The van der Waals surface area contributed by atoms with Crippen LogP contribution in [0.2, 0.25) is 0 Å². The fourth-order valence-corrected chi connectivity index (χ4v) is 7.71. The molecule has 0 spiro atoms. The lowest BCUT2D eigenvalue weighted by Gasteiger charge is -2.51. The van der Waals surface area contributed by atoms with Gasteiger partial charge in [0.2, 0.25) is 20.0 Å². The van der Waals surface area contributed by atoms with Crippen molar-refractivity contribution in [2.24, 2.45) is 5.92 Å². The summed E-state index contributed by atoms with van der Waals surface area (Å²) in [5.41, 5.74) is 2.37. The molecule has 0 saturated carbocycles. The Labute approximate surface area is 179 Å². The molecule has 30 heavy (non-hydrogen) atoms. The van der Waals surface area contributed by atoms with E-state index < -0.39 is 20.0 Å². The second-order valence-electron chi connectivity index (χ2n) is 8.80. The Kier molecular flexibility index (Phi) is 6.15. The number of phenolic OH excluding ortho intramolecular Hbond substituents is 1. The van der Waals surface area contributed by atoms with Crippen LogP contribution in [0.1, 0.15) is 42.9 Å². The minimum Gasteiger partial charge on any atom is -0.508 e. The quantitative estimate of drug-likeness (QED) is 0.619. The van der Waals surface area contributed by atoms with Crippen LogP contribution in [-0.4, -0.2) is 75.4 Å². The third kappa shape index (κ3) is 4.67. The molecule has 0 aliphatic carbocycles. The third-order valence-corrected chi connectivity index (χ3v) is 9.40. The van der Waals surface area contributed by atoms with Crippen LogP contribution < -0.4 is 4.72 Å². The van der Waals surface area contributed by atoms with Crippen LogP contribution in [0, 0.1) is 5.92 Å². The summed E-state index contributed by atoms with van der Waals surface area (Å²) in [4.78, 5) is 2.48. The van der Waals surface area contributed by atoms with Crippen molar-refractivity contribution in [2.75, 3.05) is 38.2 Å². The van der Waals surface area contributed by atoms with E-state index >= 15 is 0 Å². The van der Waals surface area contributed by atoms with Crippen LogP contribution in [0.5, 0.6) is 5.75 Å². The van der Waals surface area contributed by atoms with Crippen molar-refractivity contribution >= 4 is 20.0 Å². The average Bonchev–Trinajstić information content (AvgIpc) is 2.68. The van der Waals surface area contributed by atoms with Gasteiger partial charge in [0.05, 0.1) is 12.0 Å². The highest BCUT2D eigenvalue weighted by atomic mass is 32.2. The molecule has 1 aromatic rings. The Hall–Kier alpha value is -1.20. The second kappa shape index (κ2) is 8.38. The summed E-state index contributed by atoms with van der Waals surface area (Å²) < 4.78 is 52.7. The summed E-state index contributed by atoms with van der Waals surface area (Å²) in [6, 6.07) is 5.70. The molecule has 0 amide bonds. The molecule has 0 bridgehead atoms. The number of aromatic hydroxyl groups is 1. The van der Waals surface area contributed by atoms with E-state index in [0.29, 0.717) is 12.5 Å². The Balaban J connectivity index is 1.49. The highest BCUT2D eigenvalue weighted by molar-refractivity contribution is 7.89. The Morgan fingerprint density at radius 1 is 1.20 bits per heavy atom. The van der Waals surface area contributed by atoms with E-state index in [4.69, 9.17) is 0 Å². The van der Waals surface area contributed by atoms with Gasteiger partial charge in [-0.25, -0.2) is 21.6 Å². The number of nitrogens with one attached hydrogen (secondary N) is 1. The van der Waals surface area contributed by atoms with Gasteiger partial charge in [-0.1, -0.05) is 6.07 Å². The maximum absolute atomic E-state index is 13.1. The van der Waals surface area contributed by atoms with Crippen molar-refractivity contribution in [2.45, 2.75) is 44.2 Å². The van der Waals surface area contributed by atoms with Crippen molar-refractivity contribution in [3.05, 3.63) is 29.3 Å². The van der Waals surface area contributed by atoms with Gasteiger partial charge in [0.15, 0.2) is 0 Å². The highest BCUT2D eigenvalue weighted by Crippen LogP contribution is 2.44. The molecule has 168 valence electrons. The minimum atomic E-state index is -3.45. The van der Waals surface area contributed by atoms with Crippen molar-refractivity contribution in [1.82, 2.24) is 13.9 Å². The van der Waals surface area contributed by atoms with Crippen molar-refractivity contribution < 1.29 is 21.9 Å². The molecule has 3 atom stereocenters. The molecule has 4 rings (SSSR count). The average molecular weight is 458 g/mol. The van der Waals surface area contributed by atoms with E-state index in [1.807, 2.05) is 12.1 Å². The topological polar surface area (TPSA) is 107 Å². The normalized spacial score (nSPS) is 27.8. The van der Waals surface area contributed by atoms with Gasteiger partial charge in [-0.05, 0) is 61.3 Å². The molecule has 10 heteroatoms. The fourth-order valence-electron chi connectivity index (χ4n) is 5.38. The lowest BCUT2D eigenvalue weighted by atomic mass is 9.77. The van der Waals surface area contributed by atoms with Crippen LogP contribution in [0.25, 0.3) is 0 Å². The predicted molar refractivity (Wildman–Crippen MR) is 115 cm³/mol. The molecule has 8 nitrogen and oxygen atoms in total. The SMILES string of the molecule is CS(=O)(=O)NCCCS(=O)(=O)N1CCC[C@@H]2CN3CCc4cc(O)ccc4[C@@H]3C[C@@H]21. The van der Waals surface area contributed by atoms with E-state index in [1.54, 1.807) is 10.4 Å². The molecule has 0 unspecified atom stereocenters. The number of sulfonamides is 2. The molecule has 2 N–H and O–H groups in total. The fraction of sp³-hybridized carbons (Fsp3) is 0.700. The lowest BCUT2D eigenvalue weighted by Crippen LogP contribution is -2.57. The van der Waals surface area contributed by atoms with Crippen LogP contribution in [0.15, 0.2) is 18.2 Å². The Morgan fingerprint density at radius 2 is 2.00 bits per heavy atom. The van der Waals surface area contributed by atoms with Crippen LogP contribution in [0.3, 0.4) is 0 Å². The summed E-state index contributed by atoms with van der Waals surface area (Å²) in [6.45, 7) is 2.51. The summed E-state index contributed by atoms with van der Waals surface area (Å²) in [5, 5.41) is 9.83. The first-order valence-corrected chi connectivity index (χ1v) is 14.1. The molecule has 0 aromatic heterocycles. The molecule has 3 heterocycles. The number of piperidine rings is 2. The van der Waals surface area contributed by atoms with Gasteiger partial charge in [0.1, 0.15) is 5.75 Å². The molecule has 3 aliphatic rings. The molecule has 1 aromatic carbocycles. The smallest absolute Gasteiger partial charge is 0.214 e. The Bertz CT molecular complexity index is 996. The first-order chi connectivity index (χ1) is 14.1. The summed E-state index contributed by atoms with van der Waals surface area (Å²) >= 11 is 0. The van der Waals surface area contributed by atoms with E-state index in [9.17, 15) is 21.9 Å². The van der Waals surface area contributed by atoms with Crippen molar-refractivity contribution in [3.63, 3.8) is 0 Å². The first kappa shape index (κ1) is 22.0. The number of nitrogens with zero attached hydrogens (tertiary/aromatic N) is 2. The number of hydrogen-bond acceptors (Lipinski definition) is 6. The minimum absolute atomic E-state index is 0.0207. The van der Waals surface area contributed by atoms with E-state index in [1.165, 1.54) is 5.56 Å². The summed E-state index contributed by atoms with van der Waals surface area (Å²) in [6.07, 6.45) is 4.92. The van der Waals surface area contributed by atoms with Gasteiger partial charge in [-0.2, -0.15) is 4.31 Å². The monoisotopic (exact) mass is 457 g/mol. The largest absolute Gasteiger partial charge is 0.508 e. The summed E-state index contributed by atoms with van der Waals surface area (Å²) in [7, 11) is -6.77. The second-order valence-corrected chi connectivity index (χ2v) is 12.7. The zero-order valence-electron chi connectivity index (χ0n) is 17.3. The molecule has 2 fully saturated rings. The van der Waals surface area contributed by atoms with Crippen LogP contribution >= 0.6 is 0 Å². The molecular weight excluding hydrogens is 426 g/mol. The number of phenols is 1. The van der Waals surface area contributed by atoms with Gasteiger partial charge in [0.25, 0.3) is 0 Å². The molecule has 0 radical (unpaired) electrons. The van der Waals surface area contributed by atoms with E-state index in [2.05, 4.69) is 9.62 Å². The van der Waals surface area contributed by atoms with Gasteiger partial charge in [-0.3, -0.25) is 4.90 Å². The standard InChI is InChI=1S/C20H31N3O5S2/c1-29(25,26)21-8-3-11-30(27,28)23-9-2-4-16-14-22-10-7-15-12-17(24)5-6-18(15)20(22)13-19(16)23/h5-6,12,16,19-21,24H,2-4,7-11,13-14H2,1H3/t16-,19+,20+/m1/s1. The first-order valence-electron chi connectivity index (χ1n) is 10.6. The predicted octanol–water partition coefficient (Wildman–Crippen LogP) is 1.04. The lowest BCUT2D eigenvalue weighted by molar-refractivity contribution is 0.0219. The maximum Gasteiger partial charge on any atom is 0.214 e. The van der Waals surface area contributed by atoms with Gasteiger partial charge >= 0.3 is 0 Å². The van der Waals surface area contributed by atoms with Crippen LogP contribution in [-0.2, 0) is 26.5 Å². The third-order valence-electron chi connectivity index (χ3n) is 6.70.